The monoisotopic (exact) mass is 419 g/mol. The number of ether oxygens (including phenoxy) is 1. The Morgan fingerprint density at radius 1 is 1.38 bits per heavy atom. The summed E-state index contributed by atoms with van der Waals surface area (Å²) < 4.78 is 8.93. The summed E-state index contributed by atoms with van der Waals surface area (Å²) in [4.78, 5) is 19.1. The quantitative estimate of drug-likeness (QED) is 0.811. The maximum absolute atomic E-state index is 12.9. The maximum atomic E-state index is 12.9. The van der Waals surface area contributed by atoms with Gasteiger partial charge in [-0.15, -0.1) is 0 Å². The average molecular weight is 420 g/mol. The number of rotatable bonds is 2. The van der Waals surface area contributed by atoms with E-state index < -0.39 is 11.1 Å². The number of nitrogens with one attached hydrogen (secondary N) is 1. The van der Waals surface area contributed by atoms with E-state index in [4.69, 9.17) is 4.74 Å². The summed E-state index contributed by atoms with van der Waals surface area (Å²) >= 11 is 3.45. The van der Waals surface area contributed by atoms with E-state index in [1.165, 1.54) is 0 Å². The number of fused-ring (bicyclic) bond motifs is 2. The minimum atomic E-state index is -0.549. The van der Waals surface area contributed by atoms with E-state index in [0.717, 1.165) is 29.0 Å². The molecule has 138 valence electrons. The molecule has 0 bridgehead atoms. The summed E-state index contributed by atoms with van der Waals surface area (Å²) in [6.07, 6.45) is 2.51. The lowest BCUT2D eigenvalue weighted by molar-refractivity contribution is -0.0702. The Bertz CT molecular complexity index is 822. The van der Waals surface area contributed by atoms with Crippen molar-refractivity contribution >= 4 is 22.0 Å². The normalized spacial score (nSPS) is 22.5. The number of amides is 2. The highest BCUT2D eigenvalue weighted by Gasteiger charge is 2.47. The van der Waals surface area contributed by atoms with Crippen LogP contribution in [0.5, 0.6) is 0 Å². The smallest absolute Gasteiger partial charge is 0.318 e. The van der Waals surface area contributed by atoms with Crippen molar-refractivity contribution in [1.29, 1.82) is 0 Å². The minimum absolute atomic E-state index is 0.100. The van der Waals surface area contributed by atoms with Gasteiger partial charge in [0.1, 0.15) is 10.2 Å². The van der Waals surface area contributed by atoms with Gasteiger partial charge in [0, 0.05) is 19.2 Å². The first kappa shape index (κ1) is 17.5. The molecule has 2 aliphatic rings. The Morgan fingerprint density at radius 2 is 2.23 bits per heavy atom. The van der Waals surface area contributed by atoms with Gasteiger partial charge in [-0.05, 0) is 48.0 Å². The van der Waals surface area contributed by atoms with Crippen LogP contribution in [0.3, 0.4) is 0 Å². The highest BCUT2D eigenvalue weighted by Crippen LogP contribution is 2.39. The zero-order valence-corrected chi connectivity index (χ0v) is 16.5. The lowest BCUT2D eigenvalue weighted by Crippen LogP contribution is -2.49. The lowest BCUT2D eigenvalue weighted by Gasteiger charge is -2.34. The topological polar surface area (TPSA) is 72.3 Å². The minimum Gasteiger partial charge on any atom is -0.365 e. The molecule has 1 spiro atoms. The van der Waals surface area contributed by atoms with Gasteiger partial charge in [-0.25, -0.2) is 4.79 Å². The van der Waals surface area contributed by atoms with Crippen molar-refractivity contribution in [2.75, 3.05) is 19.7 Å². The van der Waals surface area contributed by atoms with Gasteiger partial charge >= 0.3 is 6.03 Å². The van der Waals surface area contributed by atoms with Crippen molar-refractivity contribution in [2.45, 2.75) is 38.0 Å². The van der Waals surface area contributed by atoms with Crippen LogP contribution in [0, 0.1) is 0 Å². The van der Waals surface area contributed by atoms with Crippen molar-refractivity contribution in [1.82, 2.24) is 25.0 Å². The third-order valence-electron chi connectivity index (χ3n) is 5.14. The summed E-state index contributed by atoms with van der Waals surface area (Å²) in [5.41, 5.74) is 0.851. The molecular weight excluding hydrogens is 398 g/mol. The van der Waals surface area contributed by atoms with Crippen molar-refractivity contribution in [2.24, 2.45) is 0 Å². The van der Waals surface area contributed by atoms with E-state index >= 15 is 0 Å². The molecule has 0 saturated carbocycles. The fourth-order valence-electron chi connectivity index (χ4n) is 3.75. The Balaban J connectivity index is 1.50. The molecule has 0 aromatic carbocycles. The molecule has 4 heterocycles. The molecular formula is C18H22BrN5O2. The third-order valence-corrected chi connectivity index (χ3v) is 5.53. The molecule has 4 rings (SSSR count). The molecule has 1 saturated heterocycles. The summed E-state index contributed by atoms with van der Waals surface area (Å²) in [6, 6.07) is 7.62. The van der Waals surface area contributed by atoms with Crippen LogP contribution in [-0.4, -0.2) is 45.4 Å². The highest BCUT2D eigenvalue weighted by molar-refractivity contribution is 9.10. The standard InChI is InChI=1S/C18H22BrN5O2/c1-17(2,13-5-3-4-7-20-13)21-16(25)23-8-6-18(12-23)14-11-15(19)22-24(14)9-10-26-18/h3-5,7,11H,6,8-10,12H2,1-2H3,(H,21,25)/t18-/m1/s1. The van der Waals surface area contributed by atoms with E-state index in [9.17, 15) is 4.79 Å². The maximum Gasteiger partial charge on any atom is 0.318 e. The number of urea groups is 1. The van der Waals surface area contributed by atoms with Gasteiger partial charge < -0.3 is 15.0 Å². The molecule has 1 atom stereocenters. The third kappa shape index (κ3) is 3.01. The number of halogens is 1. The predicted octanol–water partition coefficient (Wildman–Crippen LogP) is 2.62. The fourth-order valence-corrected chi connectivity index (χ4v) is 4.16. The zero-order chi connectivity index (χ0) is 18.4. The Hall–Kier alpha value is -1.93. The van der Waals surface area contributed by atoms with Crippen LogP contribution in [-0.2, 0) is 22.4 Å². The number of nitrogens with zero attached hydrogens (tertiary/aromatic N) is 4. The van der Waals surface area contributed by atoms with E-state index in [-0.39, 0.29) is 6.03 Å². The molecule has 1 fully saturated rings. The van der Waals surface area contributed by atoms with E-state index in [1.807, 2.05) is 47.7 Å². The van der Waals surface area contributed by atoms with Crippen LogP contribution in [0.25, 0.3) is 0 Å². The molecule has 2 amide bonds. The predicted molar refractivity (Wildman–Crippen MR) is 99.5 cm³/mol. The summed E-state index contributed by atoms with van der Waals surface area (Å²) in [5.74, 6) is 0. The summed E-state index contributed by atoms with van der Waals surface area (Å²) in [6.45, 7) is 6.44. The van der Waals surface area contributed by atoms with Crippen LogP contribution in [0.15, 0.2) is 35.1 Å². The van der Waals surface area contributed by atoms with Crippen molar-refractivity contribution in [3.63, 3.8) is 0 Å². The van der Waals surface area contributed by atoms with Gasteiger partial charge in [0.15, 0.2) is 0 Å². The molecule has 26 heavy (non-hydrogen) atoms. The number of pyridine rings is 1. The van der Waals surface area contributed by atoms with Gasteiger partial charge in [-0.1, -0.05) is 6.07 Å². The van der Waals surface area contributed by atoms with Gasteiger partial charge in [-0.2, -0.15) is 5.10 Å². The van der Waals surface area contributed by atoms with Gasteiger partial charge in [0.2, 0.25) is 0 Å². The first-order chi connectivity index (χ1) is 12.4. The second-order valence-electron chi connectivity index (χ2n) is 7.36. The van der Waals surface area contributed by atoms with Crippen LogP contribution >= 0.6 is 15.9 Å². The number of carbonyl (C=O) groups is 1. The Morgan fingerprint density at radius 3 is 3.00 bits per heavy atom. The van der Waals surface area contributed by atoms with Crippen molar-refractivity contribution in [3.05, 3.63) is 46.5 Å². The number of likely N-dealkylation sites (tertiary alicyclic amines) is 1. The number of carbonyl (C=O) groups excluding carboxylic acids is 1. The largest absolute Gasteiger partial charge is 0.365 e. The summed E-state index contributed by atoms with van der Waals surface area (Å²) in [5, 5.41) is 7.57. The van der Waals surface area contributed by atoms with E-state index in [1.54, 1.807) is 6.20 Å². The average Bonchev–Trinajstić information content (AvgIpc) is 3.20. The number of hydrogen-bond acceptors (Lipinski definition) is 4. The molecule has 2 aliphatic heterocycles. The van der Waals surface area contributed by atoms with E-state index in [0.29, 0.717) is 19.7 Å². The molecule has 0 radical (unpaired) electrons. The second-order valence-corrected chi connectivity index (χ2v) is 8.17. The molecule has 8 heteroatoms. The van der Waals surface area contributed by atoms with Crippen LogP contribution in [0.1, 0.15) is 31.7 Å². The molecule has 1 N–H and O–H groups in total. The SMILES string of the molecule is CC(C)(NC(=O)N1CC[C@]2(C1)OCCn1nc(Br)cc12)c1ccccn1. The highest BCUT2D eigenvalue weighted by atomic mass is 79.9. The van der Waals surface area contributed by atoms with Gasteiger partial charge in [0.25, 0.3) is 0 Å². The number of aromatic nitrogens is 3. The lowest BCUT2D eigenvalue weighted by atomic mass is 9.97. The van der Waals surface area contributed by atoms with Gasteiger partial charge in [-0.3, -0.25) is 9.67 Å². The molecule has 7 nitrogen and oxygen atoms in total. The van der Waals surface area contributed by atoms with Crippen molar-refractivity contribution < 1.29 is 9.53 Å². The fraction of sp³-hybridized carbons (Fsp3) is 0.500. The number of hydrogen-bond donors (Lipinski definition) is 1. The van der Waals surface area contributed by atoms with Crippen LogP contribution < -0.4 is 5.32 Å². The van der Waals surface area contributed by atoms with Crippen LogP contribution in [0.4, 0.5) is 4.79 Å². The summed E-state index contributed by atoms with van der Waals surface area (Å²) in [7, 11) is 0. The van der Waals surface area contributed by atoms with E-state index in [2.05, 4.69) is 31.3 Å². The zero-order valence-electron chi connectivity index (χ0n) is 14.9. The molecule has 2 aromatic heterocycles. The van der Waals surface area contributed by atoms with Gasteiger partial charge in [0.05, 0.1) is 36.6 Å². The first-order valence-corrected chi connectivity index (χ1v) is 9.55. The second kappa shape index (κ2) is 6.35. The first-order valence-electron chi connectivity index (χ1n) is 8.76. The molecule has 0 aliphatic carbocycles. The Labute approximate surface area is 160 Å². The van der Waals surface area contributed by atoms with Crippen molar-refractivity contribution in [3.8, 4) is 0 Å². The molecule has 0 unspecified atom stereocenters. The molecule has 2 aromatic rings. The Kier molecular flexibility index (Phi) is 4.27. The van der Waals surface area contributed by atoms with Crippen LogP contribution in [0.2, 0.25) is 0 Å².